The quantitative estimate of drug-likeness (QED) is 0.0322. The van der Waals surface area contributed by atoms with Crippen LogP contribution >= 0.6 is 0 Å². The molecule has 0 heterocycles. The van der Waals surface area contributed by atoms with Crippen LogP contribution in [0.4, 0.5) is 0 Å². The lowest BCUT2D eigenvalue weighted by Crippen LogP contribution is -2.45. The molecule has 0 saturated carbocycles. The summed E-state index contributed by atoms with van der Waals surface area (Å²) in [5.41, 5.74) is 0. The number of carbonyl (C=O) groups is 2. The third kappa shape index (κ3) is 45.9. The van der Waals surface area contributed by atoms with Gasteiger partial charge in [-0.05, 0) is 57.8 Å². The van der Waals surface area contributed by atoms with E-state index in [9.17, 15) is 19.8 Å². The van der Waals surface area contributed by atoms with Gasteiger partial charge in [0.15, 0.2) is 0 Å². The Hall–Kier alpha value is -1.40. The van der Waals surface area contributed by atoms with Gasteiger partial charge < -0.3 is 20.3 Å². The van der Waals surface area contributed by atoms with Crippen molar-refractivity contribution in [2.45, 2.75) is 302 Å². The number of unbranched alkanes of at least 4 members (excludes halogenated alkanes) is 36. The van der Waals surface area contributed by atoms with Crippen molar-refractivity contribution in [2.24, 2.45) is 0 Å². The lowest BCUT2D eigenvalue weighted by molar-refractivity contribution is -0.143. The summed E-state index contributed by atoms with van der Waals surface area (Å²) in [4.78, 5) is 24.5. The minimum Gasteiger partial charge on any atom is -0.466 e. The predicted octanol–water partition coefficient (Wildman–Crippen LogP) is 15.7. The third-order valence-corrected chi connectivity index (χ3v) is 12.3. The first kappa shape index (κ1) is 57.6. The van der Waals surface area contributed by atoms with Crippen LogP contribution in [-0.4, -0.2) is 47.4 Å². The van der Waals surface area contributed by atoms with Gasteiger partial charge in [-0.25, -0.2) is 0 Å². The van der Waals surface area contributed by atoms with Crippen molar-refractivity contribution in [1.29, 1.82) is 0 Å². The summed E-state index contributed by atoms with van der Waals surface area (Å²) < 4.78 is 5.46. The molecule has 6 heteroatoms. The van der Waals surface area contributed by atoms with Crippen LogP contribution in [0.15, 0.2) is 12.2 Å². The zero-order chi connectivity index (χ0) is 43.0. The van der Waals surface area contributed by atoms with Gasteiger partial charge in [-0.3, -0.25) is 9.59 Å². The van der Waals surface area contributed by atoms with Crippen molar-refractivity contribution in [1.82, 2.24) is 5.32 Å². The molecule has 0 aliphatic heterocycles. The molecule has 0 saturated heterocycles. The maximum atomic E-state index is 12.4. The Balaban J connectivity index is 3.45. The van der Waals surface area contributed by atoms with Crippen LogP contribution in [0.3, 0.4) is 0 Å². The Bertz CT molecular complexity index is 878. The molecular weight excluding hydrogens is 731 g/mol. The molecule has 59 heavy (non-hydrogen) atoms. The molecule has 0 aliphatic rings. The third-order valence-electron chi connectivity index (χ3n) is 12.3. The van der Waals surface area contributed by atoms with Gasteiger partial charge in [-0.1, -0.05) is 231 Å². The van der Waals surface area contributed by atoms with E-state index in [4.69, 9.17) is 4.74 Å². The first-order chi connectivity index (χ1) is 29.0. The molecule has 2 unspecified atom stereocenters. The van der Waals surface area contributed by atoms with Crippen LogP contribution in [0.25, 0.3) is 0 Å². The van der Waals surface area contributed by atoms with Crippen LogP contribution in [0.5, 0.6) is 0 Å². The van der Waals surface area contributed by atoms with E-state index in [0.717, 1.165) is 77.0 Å². The largest absolute Gasteiger partial charge is 0.466 e. The Labute approximate surface area is 368 Å². The van der Waals surface area contributed by atoms with Gasteiger partial charge >= 0.3 is 5.97 Å². The summed E-state index contributed by atoms with van der Waals surface area (Å²) >= 11 is 0. The Morgan fingerprint density at radius 2 is 0.797 bits per heavy atom. The summed E-state index contributed by atoms with van der Waals surface area (Å²) in [6, 6.07) is -0.557. The average molecular weight is 834 g/mol. The Morgan fingerprint density at radius 1 is 0.458 bits per heavy atom. The minimum atomic E-state index is -0.678. The van der Waals surface area contributed by atoms with Gasteiger partial charge in [-0.2, -0.15) is 0 Å². The van der Waals surface area contributed by atoms with Crippen molar-refractivity contribution < 1.29 is 24.5 Å². The fraction of sp³-hybridized carbons (Fsp3) is 0.925. The highest BCUT2D eigenvalue weighted by atomic mass is 16.5. The van der Waals surface area contributed by atoms with E-state index in [2.05, 4.69) is 31.3 Å². The SMILES string of the molecule is CCCCCCCCCCCCCCCCCCCCCC(=O)OCCCCC/C=C\CCCCCCCC(=O)NC(CO)C(O)CCCCCCCCCCCCC. The van der Waals surface area contributed by atoms with Crippen LogP contribution in [0.2, 0.25) is 0 Å². The summed E-state index contributed by atoms with van der Waals surface area (Å²) in [6.45, 7) is 4.90. The molecule has 3 N–H and O–H groups in total. The number of ether oxygens (including phenoxy) is 1. The summed E-state index contributed by atoms with van der Waals surface area (Å²) in [5, 5.41) is 23.1. The molecular formula is C53H103NO5. The predicted molar refractivity (Wildman–Crippen MR) is 255 cm³/mol. The first-order valence-electron chi connectivity index (χ1n) is 26.4. The van der Waals surface area contributed by atoms with Gasteiger partial charge in [0.25, 0.3) is 0 Å². The van der Waals surface area contributed by atoms with E-state index in [0.29, 0.717) is 25.9 Å². The standard InChI is InChI=1S/C53H103NO5/c1-3-5-7-9-11-13-15-16-17-18-19-20-21-22-27-31-35-39-43-47-53(58)59-48-44-40-36-32-28-24-23-26-30-34-38-42-46-52(57)54-50(49-55)51(56)45-41-37-33-29-25-14-12-10-8-6-4-2/h24,28,50-51,55-56H,3-23,25-27,29-49H2,1-2H3,(H,54,57)/b28-24-. The highest BCUT2D eigenvalue weighted by Crippen LogP contribution is 2.17. The Morgan fingerprint density at radius 3 is 1.20 bits per heavy atom. The summed E-state index contributed by atoms with van der Waals surface area (Å²) in [7, 11) is 0. The van der Waals surface area contributed by atoms with E-state index in [1.54, 1.807) is 0 Å². The number of nitrogens with one attached hydrogen (secondary N) is 1. The Kier molecular flexibility index (Phi) is 48.1. The van der Waals surface area contributed by atoms with Gasteiger partial charge in [-0.15, -0.1) is 0 Å². The number of amides is 1. The molecule has 0 rings (SSSR count). The zero-order valence-corrected chi connectivity index (χ0v) is 39.7. The maximum Gasteiger partial charge on any atom is 0.305 e. The summed E-state index contributed by atoms with van der Waals surface area (Å²) in [6.07, 6.45) is 56.2. The molecule has 0 aromatic heterocycles. The van der Waals surface area contributed by atoms with Crippen molar-refractivity contribution in [3.05, 3.63) is 12.2 Å². The molecule has 6 nitrogen and oxygen atoms in total. The fourth-order valence-electron chi connectivity index (χ4n) is 8.22. The van der Waals surface area contributed by atoms with Gasteiger partial charge in [0.05, 0.1) is 25.4 Å². The van der Waals surface area contributed by atoms with Gasteiger partial charge in [0.1, 0.15) is 0 Å². The molecule has 0 aromatic carbocycles. The second-order valence-electron chi connectivity index (χ2n) is 18.2. The normalized spacial score (nSPS) is 12.7. The molecule has 1 amide bonds. The molecule has 0 aromatic rings. The topological polar surface area (TPSA) is 95.9 Å². The van der Waals surface area contributed by atoms with E-state index >= 15 is 0 Å². The second-order valence-corrected chi connectivity index (χ2v) is 18.2. The lowest BCUT2D eigenvalue weighted by atomic mass is 10.0. The lowest BCUT2D eigenvalue weighted by Gasteiger charge is -2.22. The molecule has 350 valence electrons. The zero-order valence-electron chi connectivity index (χ0n) is 39.7. The number of allylic oxidation sites excluding steroid dienone is 2. The number of rotatable bonds is 49. The van der Waals surface area contributed by atoms with Crippen molar-refractivity contribution in [3.63, 3.8) is 0 Å². The number of aliphatic hydroxyl groups excluding tert-OH is 2. The smallest absolute Gasteiger partial charge is 0.305 e. The molecule has 0 fully saturated rings. The van der Waals surface area contributed by atoms with Crippen molar-refractivity contribution >= 4 is 11.9 Å². The summed E-state index contributed by atoms with van der Waals surface area (Å²) in [5.74, 6) is -0.0790. The van der Waals surface area contributed by atoms with Gasteiger partial charge in [0, 0.05) is 12.8 Å². The van der Waals surface area contributed by atoms with E-state index in [-0.39, 0.29) is 18.5 Å². The molecule has 0 aliphatic carbocycles. The van der Waals surface area contributed by atoms with E-state index in [1.807, 2.05) is 0 Å². The minimum absolute atomic E-state index is 0.0180. The number of esters is 1. The highest BCUT2D eigenvalue weighted by molar-refractivity contribution is 5.76. The van der Waals surface area contributed by atoms with E-state index < -0.39 is 12.1 Å². The van der Waals surface area contributed by atoms with Crippen LogP contribution in [0, 0.1) is 0 Å². The molecule has 2 atom stereocenters. The van der Waals surface area contributed by atoms with Crippen molar-refractivity contribution in [3.8, 4) is 0 Å². The number of hydrogen-bond donors (Lipinski definition) is 3. The van der Waals surface area contributed by atoms with Crippen LogP contribution < -0.4 is 5.32 Å². The first-order valence-corrected chi connectivity index (χ1v) is 26.4. The average Bonchev–Trinajstić information content (AvgIpc) is 3.24. The number of carbonyl (C=O) groups excluding carboxylic acids is 2. The molecule has 0 spiro atoms. The molecule has 0 radical (unpaired) electrons. The highest BCUT2D eigenvalue weighted by Gasteiger charge is 2.20. The number of aliphatic hydroxyl groups is 2. The molecule has 0 bridgehead atoms. The monoisotopic (exact) mass is 834 g/mol. The van der Waals surface area contributed by atoms with Crippen LogP contribution in [0.1, 0.15) is 290 Å². The van der Waals surface area contributed by atoms with Gasteiger partial charge in [0.2, 0.25) is 5.91 Å². The second kappa shape index (κ2) is 49.3. The fourth-order valence-corrected chi connectivity index (χ4v) is 8.22. The van der Waals surface area contributed by atoms with E-state index in [1.165, 1.54) is 180 Å². The van der Waals surface area contributed by atoms with Crippen LogP contribution in [-0.2, 0) is 14.3 Å². The van der Waals surface area contributed by atoms with Crippen molar-refractivity contribution in [2.75, 3.05) is 13.2 Å². The number of hydrogen-bond acceptors (Lipinski definition) is 5. The maximum absolute atomic E-state index is 12.4.